The number of carbonyl (C=O) groups excluding carboxylic acids is 1. The Morgan fingerprint density at radius 1 is 1.03 bits per heavy atom. The molecule has 0 saturated heterocycles. The number of aryl methyl sites for hydroxylation is 4. The van der Waals surface area contributed by atoms with Gasteiger partial charge in [0.1, 0.15) is 0 Å². The summed E-state index contributed by atoms with van der Waals surface area (Å²) in [6.45, 7) is 10.2. The van der Waals surface area contributed by atoms with Gasteiger partial charge in [-0.2, -0.15) is 5.10 Å². The first kappa shape index (κ1) is 20.9. The molecule has 3 rings (SSSR count). The minimum absolute atomic E-state index is 0.132. The van der Waals surface area contributed by atoms with Crippen molar-refractivity contribution in [3.63, 3.8) is 0 Å². The molecule has 0 aliphatic heterocycles. The van der Waals surface area contributed by atoms with E-state index in [-0.39, 0.29) is 5.91 Å². The van der Waals surface area contributed by atoms with Crippen molar-refractivity contribution in [2.75, 3.05) is 0 Å². The van der Waals surface area contributed by atoms with Crippen LogP contribution in [0.5, 0.6) is 0 Å². The Balaban J connectivity index is 1.74. The molecular formula is C24H26ClN3O. The summed E-state index contributed by atoms with van der Waals surface area (Å²) in [5.41, 5.74) is 11.2. The van der Waals surface area contributed by atoms with Gasteiger partial charge in [0.15, 0.2) is 0 Å². The number of nitrogens with zero attached hydrogens (tertiary/aromatic N) is 2. The van der Waals surface area contributed by atoms with Gasteiger partial charge >= 0.3 is 0 Å². The van der Waals surface area contributed by atoms with Crippen molar-refractivity contribution in [1.29, 1.82) is 0 Å². The van der Waals surface area contributed by atoms with Crippen LogP contribution in [0.4, 0.5) is 0 Å². The first-order chi connectivity index (χ1) is 13.8. The predicted octanol–water partition coefficient (Wildman–Crippen LogP) is 5.37. The molecular weight excluding hydrogens is 382 g/mol. The second kappa shape index (κ2) is 8.66. The van der Waals surface area contributed by atoms with Crippen LogP contribution in [0.3, 0.4) is 0 Å². The minimum atomic E-state index is -0.132. The van der Waals surface area contributed by atoms with Crippen molar-refractivity contribution in [1.82, 2.24) is 9.99 Å². The molecule has 3 aromatic rings. The third kappa shape index (κ3) is 4.77. The van der Waals surface area contributed by atoms with Crippen LogP contribution in [-0.4, -0.2) is 16.7 Å². The van der Waals surface area contributed by atoms with Gasteiger partial charge in [-0.15, -0.1) is 0 Å². The molecule has 1 N–H and O–H groups in total. The lowest BCUT2D eigenvalue weighted by molar-refractivity contribution is -0.120. The van der Waals surface area contributed by atoms with Crippen LogP contribution in [0.15, 0.2) is 47.6 Å². The highest BCUT2D eigenvalue weighted by Crippen LogP contribution is 2.25. The Bertz CT molecular complexity index is 1100. The largest absolute Gasteiger partial charge is 0.318 e. The van der Waals surface area contributed by atoms with Crippen molar-refractivity contribution in [2.45, 2.75) is 41.0 Å². The summed E-state index contributed by atoms with van der Waals surface area (Å²) < 4.78 is 2.15. The van der Waals surface area contributed by atoms with Gasteiger partial charge in [0.05, 0.1) is 12.6 Å². The fourth-order valence-corrected chi connectivity index (χ4v) is 3.71. The summed E-state index contributed by atoms with van der Waals surface area (Å²) in [7, 11) is 0. The normalized spacial score (nSPS) is 11.2. The number of rotatable bonds is 5. The lowest BCUT2D eigenvalue weighted by Gasteiger charge is -2.13. The molecule has 2 aromatic carbocycles. The van der Waals surface area contributed by atoms with Gasteiger partial charge in [-0.25, -0.2) is 5.43 Å². The van der Waals surface area contributed by atoms with Crippen LogP contribution in [0, 0.1) is 34.6 Å². The van der Waals surface area contributed by atoms with Crippen LogP contribution >= 0.6 is 11.6 Å². The zero-order valence-electron chi connectivity index (χ0n) is 17.5. The Hall–Kier alpha value is -2.85. The standard InChI is InChI=1S/C24H26ClN3O/c1-15-6-8-20(17(3)10-15)12-24(29)27-26-14-21-11-18(4)28(19(21)5)23-13-22(25)9-7-16(23)2/h6-11,13-14H,12H2,1-5H3,(H,27,29)/b26-14+. The fraction of sp³-hybridized carbons (Fsp3) is 0.250. The van der Waals surface area contributed by atoms with Gasteiger partial charge in [0, 0.05) is 27.7 Å². The molecule has 1 heterocycles. The molecule has 4 nitrogen and oxygen atoms in total. The zero-order valence-corrected chi connectivity index (χ0v) is 18.3. The summed E-state index contributed by atoms with van der Waals surface area (Å²) in [5, 5.41) is 4.87. The van der Waals surface area contributed by atoms with E-state index in [0.717, 1.165) is 39.3 Å². The van der Waals surface area contributed by atoms with Crippen LogP contribution in [0.1, 0.15) is 39.2 Å². The van der Waals surface area contributed by atoms with Gasteiger partial charge in [-0.3, -0.25) is 4.79 Å². The molecule has 0 fully saturated rings. The van der Waals surface area contributed by atoms with Crippen molar-refractivity contribution < 1.29 is 4.79 Å². The van der Waals surface area contributed by atoms with Crippen LogP contribution in [-0.2, 0) is 11.2 Å². The monoisotopic (exact) mass is 407 g/mol. The third-order valence-electron chi connectivity index (χ3n) is 5.12. The second-order valence-electron chi connectivity index (χ2n) is 7.49. The van der Waals surface area contributed by atoms with Gasteiger partial charge in [0.25, 0.3) is 0 Å². The Morgan fingerprint density at radius 2 is 1.79 bits per heavy atom. The Kier molecular flexibility index (Phi) is 6.23. The number of hydrogen-bond donors (Lipinski definition) is 1. The molecule has 0 unspecified atom stereocenters. The molecule has 150 valence electrons. The smallest absolute Gasteiger partial charge is 0.244 e. The van der Waals surface area contributed by atoms with Crippen LogP contribution < -0.4 is 5.43 Å². The maximum atomic E-state index is 12.3. The van der Waals surface area contributed by atoms with E-state index in [9.17, 15) is 4.79 Å². The molecule has 0 aliphatic rings. The molecule has 0 atom stereocenters. The maximum absolute atomic E-state index is 12.3. The highest BCUT2D eigenvalue weighted by molar-refractivity contribution is 6.30. The molecule has 0 bridgehead atoms. The number of aromatic nitrogens is 1. The van der Waals surface area contributed by atoms with Crippen molar-refractivity contribution in [2.24, 2.45) is 5.10 Å². The van der Waals surface area contributed by atoms with Gasteiger partial charge < -0.3 is 4.57 Å². The number of benzene rings is 2. The topological polar surface area (TPSA) is 46.4 Å². The quantitative estimate of drug-likeness (QED) is 0.448. The van der Waals surface area contributed by atoms with Crippen LogP contribution in [0.25, 0.3) is 5.69 Å². The lowest BCUT2D eigenvalue weighted by Crippen LogP contribution is -2.20. The van der Waals surface area contributed by atoms with E-state index >= 15 is 0 Å². The molecule has 5 heteroatoms. The number of carbonyl (C=O) groups is 1. The minimum Gasteiger partial charge on any atom is -0.318 e. The molecule has 0 saturated carbocycles. The van der Waals surface area contributed by atoms with Gasteiger partial charge in [-0.1, -0.05) is 41.4 Å². The lowest BCUT2D eigenvalue weighted by atomic mass is 10.0. The third-order valence-corrected chi connectivity index (χ3v) is 5.36. The summed E-state index contributed by atoms with van der Waals surface area (Å²) in [6.07, 6.45) is 2.00. The first-order valence-corrected chi connectivity index (χ1v) is 9.97. The summed E-state index contributed by atoms with van der Waals surface area (Å²) in [6, 6.07) is 14.0. The average molecular weight is 408 g/mol. The summed E-state index contributed by atoms with van der Waals surface area (Å²) >= 11 is 6.20. The molecule has 0 aliphatic carbocycles. The van der Waals surface area contributed by atoms with Crippen molar-refractivity contribution in [3.05, 3.63) is 86.7 Å². The van der Waals surface area contributed by atoms with E-state index < -0.39 is 0 Å². The number of nitrogens with one attached hydrogen (secondary N) is 1. The highest BCUT2D eigenvalue weighted by Gasteiger charge is 2.12. The van der Waals surface area contributed by atoms with Gasteiger partial charge in [-0.05, 0) is 69.5 Å². The second-order valence-corrected chi connectivity index (χ2v) is 7.93. The number of amides is 1. The fourth-order valence-electron chi connectivity index (χ4n) is 3.54. The van der Waals surface area contributed by atoms with Crippen molar-refractivity contribution in [3.8, 4) is 5.69 Å². The number of halogens is 1. The molecule has 29 heavy (non-hydrogen) atoms. The van der Waals surface area contributed by atoms with E-state index in [1.807, 2.05) is 58.0 Å². The van der Waals surface area contributed by atoms with E-state index in [2.05, 4.69) is 34.2 Å². The van der Waals surface area contributed by atoms with Crippen LogP contribution in [0.2, 0.25) is 5.02 Å². The molecule has 0 radical (unpaired) electrons. The molecule has 1 amide bonds. The predicted molar refractivity (Wildman–Crippen MR) is 120 cm³/mol. The maximum Gasteiger partial charge on any atom is 0.244 e. The SMILES string of the molecule is Cc1ccc(CC(=O)N/N=C/c2cc(C)n(-c3cc(Cl)ccc3C)c2C)c(C)c1. The number of hydrogen-bond acceptors (Lipinski definition) is 2. The average Bonchev–Trinajstić information content (AvgIpc) is 2.93. The van der Waals surface area contributed by atoms with E-state index in [0.29, 0.717) is 11.4 Å². The van der Waals surface area contributed by atoms with E-state index in [1.165, 1.54) is 5.56 Å². The summed E-state index contributed by atoms with van der Waals surface area (Å²) in [5.74, 6) is -0.132. The van der Waals surface area contributed by atoms with E-state index in [4.69, 9.17) is 11.6 Å². The Labute approximate surface area is 177 Å². The zero-order chi connectivity index (χ0) is 21.1. The highest BCUT2D eigenvalue weighted by atomic mass is 35.5. The first-order valence-electron chi connectivity index (χ1n) is 9.59. The Morgan fingerprint density at radius 3 is 2.52 bits per heavy atom. The molecule has 0 spiro atoms. The molecule has 1 aromatic heterocycles. The number of hydrazone groups is 1. The van der Waals surface area contributed by atoms with E-state index in [1.54, 1.807) is 6.21 Å². The van der Waals surface area contributed by atoms with Crippen molar-refractivity contribution >= 4 is 23.7 Å². The van der Waals surface area contributed by atoms with Gasteiger partial charge in [0.2, 0.25) is 5.91 Å². The summed E-state index contributed by atoms with van der Waals surface area (Å²) in [4.78, 5) is 12.3.